The van der Waals surface area contributed by atoms with E-state index in [9.17, 15) is 51.1 Å². The molecule has 360 valence electrons. The molecule has 0 amide bonds. The topological polar surface area (TPSA) is 276 Å². The lowest BCUT2D eigenvalue weighted by atomic mass is 9.47. The first-order chi connectivity index (χ1) is 30.0. The summed E-state index contributed by atoms with van der Waals surface area (Å²) in [4.78, 5) is 0. The molecule has 18 heteroatoms. The van der Waals surface area contributed by atoms with E-state index in [2.05, 4.69) is 33.8 Å². The van der Waals surface area contributed by atoms with Crippen molar-refractivity contribution in [2.45, 2.75) is 196 Å². The van der Waals surface area contributed by atoms with Crippen LogP contribution in [0.2, 0.25) is 0 Å². The van der Waals surface area contributed by atoms with Gasteiger partial charge >= 0.3 is 0 Å². The van der Waals surface area contributed by atoms with Crippen molar-refractivity contribution in [1.29, 1.82) is 0 Å². The van der Waals surface area contributed by atoms with Crippen molar-refractivity contribution in [2.75, 3.05) is 26.4 Å². The zero-order chi connectivity index (χ0) is 44.9. The molecule has 0 radical (unpaired) electrons. The molecule has 3 saturated carbocycles. The van der Waals surface area contributed by atoms with Crippen molar-refractivity contribution in [2.24, 2.45) is 46.3 Å². The van der Waals surface area contributed by atoms with E-state index < -0.39 is 118 Å². The fourth-order valence-electron chi connectivity index (χ4n) is 14.1. The Kier molecular flexibility index (Phi) is 13.3. The summed E-state index contributed by atoms with van der Waals surface area (Å²) in [5, 5.41) is 106. The van der Waals surface area contributed by atoms with Crippen LogP contribution in [0.15, 0.2) is 11.6 Å². The first kappa shape index (κ1) is 47.1. The van der Waals surface area contributed by atoms with Crippen molar-refractivity contribution in [3.05, 3.63) is 11.6 Å². The van der Waals surface area contributed by atoms with Gasteiger partial charge in [0.25, 0.3) is 0 Å². The second-order valence-electron chi connectivity index (χ2n) is 21.1. The molecule has 26 atom stereocenters. The van der Waals surface area contributed by atoms with Crippen molar-refractivity contribution in [1.82, 2.24) is 0 Å². The molecule has 0 aromatic carbocycles. The lowest BCUT2D eigenvalue weighted by molar-refractivity contribution is -0.390. The molecule has 5 saturated heterocycles. The molecule has 1 spiro atoms. The van der Waals surface area contributed by atoms with Gasteiger partial charge in [-0.15, -0.1) is 0 Å². The molecule has 9 rings (SSSR count). The van der Waals surface area contributed by atoms with Crippen LogP contribution in [-0.4, -0.2) is 188 Å². The number of aliphatic hydroxyl groups is 10. The van der Waals surface area contributed by atoms with E-state index in [0.717, 1.165) is 45.1 Å². The number of hydrogen-bond donors (Lipinski definition) is 10. The van der Waals surface area contributed by atoms with Crippen LogP contribution >= 0.6 is 0 Å². The van der Waals surface area contributed by atoms with Crippen LogP contribution in [0.5, 0.6) is 0 Å². The molecular weight excluding hydrogens is 828 g/mol. The summed E-state index contributed by atoms with van der Waals surface area (Å²) in [6.07, 6.45) is -13.6. The molecule has 0 bridgehead atoms. The second kappa shape index (κ2) is 17.8. The van der Waals surface area contributed by atoms with Crippen LogP contribution in [-0.2, 0) is 37.9 Å². The number of aliphatic hydroxyl groups excluding tert-OH is 10. The van der Waals surface area contributed by atoms with Crippen LogP contribution < -0.4 is 0 Å². The van der Waals surface area contributed by atoms with Crippen LogP contribution in [0.25, 0.3) is 0 Å². The first-order valence-electron chi connectivity index (χ1n) is 23.5. The molecule has 5 aliphatic heterocycles. The molecule has 4 aliphatic carbocycles. The quantitative estimate of drug-likeness (QED) is 0.127. The molecular formula is C45H72O18. The minimum absolute atomic E-state index is 0.00493. The number of ether oxygens (including phenoxy) is 8. The summed E-state index contributed by atoms with van der Waals surface area (Å²) < 4.78 is 48.9. The van der Waals surface area contributed by atoms with E-state index in [1.54, 1.807) is 0 Å². The van der Waals surface area contributed by atoms with Gasteiger partial charge in [-0.25, -0.2) is 0 Å². The van der Waals surface area contributed by atoms with Gasteiger partial charge in [0.1, 0.15) is 73.2 Å². The van der Waals surface area contributed by atoms with Gasteiger partial charge in [-0.1, -0.05) is 39.3 Å². The molecule has 0 aromatic heterocycles. The van der Waals surface area contributed by atoms with Gasteiger partial charge in [-0.05, 0) is 91.8 Å². The molecule has 18 nitrogen and oxygen atoms in total. The predicted molar refractivity (Wildman–Crippen MR) is 216 cm³/mol. The van der Waals surface area contributed by atoms with Crippen molar-refractivity contribution >= 4 is 0 Å². The second-order valence-corrected chi connectivity index (χ2v) is 21.1. The average Bonchev–Trinajstić information content (AvgIpc) is 3.72. The Morgan fingerprint density at radius 1 is 0.651 bits per heavy atom. The normalized spacial score (nSPS) is 56.9. The first-order valence-corrected chi connectivity index (χ1v) is 23.5. The fraction of sp³-hybridized carbons (Fsp3) is 0.956. The number of allylic oxidation sites excluding steroid dienone is 1. The minimum atomic E-state index is -1.89. The fourth-order valence-corrected chi connectivity index (χ4v) is 14.1. The van der Waals surface area contributed by atoms with Crippen LogP contribution in [0, 0.1) is 46.3 Å². The SMILES string of the molecule is C[C@@H]1CC[C@@]2(OC1)OC1CC3C4CC=C5C[C@@H](O[C@@H]6O[C@H](CO)[C@H](O[C@H]7O[C@@H](CO)[C@H](O)[C@@H](O)[C@@H]7O[C@H]7O[C@@H](CO)[C@H](O)[C@@H](O)[C@@H]7O)[C@H](O)[C@H]6O)CC[C@]5(C)C4CC[C@]3(C)C1[C@@H]2C. The van der Waals surface area contributed by atoms with Gasteiger partial charge in [-0.3, -0.25) is 0 Å². The maximum absolute atomic E-state index is 11.5. The van der Waals surface area contributed by atoms with Gasteiger partial charge in [0.2, 0.25) is 0 Å². The van der Waals surface area contributed by atoms with E-state index in [-0.39, 0.29) is 23.0 Å². The Morgan fingerprint density at radius 2 is 1.27 bits per heavy atom. The van der Waals surface area contributed by atoms with Gasteiger partial charge in [0.05, 0.1) is 38.6 Å². The zero-order valence-corrected chi connectivity index (χ0v) is 36.8. The average molecular weight is 901 g/mol. The van der Waals surface area contributed by atoms with Crippen molar-refractivity contribution in [3.63, 3.8) is 0 Å². The standard InChI is InChI=1S/C45H72O18/c1-19-7-12-45(56-18-19)20(2)30-26(63-45)14-25-23-6-5-21-13-22(8-10-43(21,3)24(23)9-11-44(25,30)4)57-40-37(55)35(53)38(29(17-48)60-40)61-42-39(34(52)32(50)28(16-47)59-42)62-41-36(54)33(51)31(49)27(15-46)58-41/h5,19-20,22-42,46-55H,6-18H2,1-4H3/t19-,20+,22+,23?,24?,25?,26?,27+,28+,29-,30?,31+,32+,33-,34-,35-,36+,37-,38+,39+,40-,41-,42-,43+,44+,45-/m1/s1. The number of rotatable bonds is 9. The monoisotopic (exact) mass is 900 g/mol. The van der Waals surface area contributed by atoms with Gasteiger partial charge in [-0.2, -0.15) is 0 Å². The zero-order valence-electron chi connectivity index (χ0n) is 36.8. The molecule has 8 fully saturated rings. The van der Waals surface area contributed by atoms with Crippen LogP contribution in [0.4, 0.5) is 0 Å². The van der Waals surface area contributed by atoms with E-state index >= 15 is 0 Å². The lowest BCUT2D eigenvalue weighted by Crippen LogP contribution is -2.67. The lowest BCUT2D eigenvalue weighted by Gasteiger charge is -2.58. The Labute approximate surface area is 368 Å². The van der Waals surface area contributed by atoms with E-state index in [0.29, 0.717) is 48.3 Å². The van der Waals surface area contributed by atoms with E-state index in [4.69, 9.17) is 37.9 Å². The highest BCUT2D eigenvalue weighted by Gasteiger charge is 2.69. The van der Waals surface area contributed by atoms with Crippen LogP contribution in [0.1, 0.15) is 85.5 Å². The molecule has 5 unspecified atom stereocenters. The third kappa shape index (κ3) is 7.81. The summed E-state index contributed by atoms with van der Waals surface area (Å²) in [7, 11) is 0. The Hall–Kier alpha value is -0.980. The van der Waals surface area contributed by atoms with Crippen LogP contribution in [0.3, 0.4) is 0 Å². The predicted octanol–water partition coefficient (Wildman–Crippen LogP) is -0.813. The largest absolute Gasteiger partial charge is 0.394 e. The molecule has 10 N–H and O–H groups in total. The minimum Gasteiger partial charge on any atom is -0.394 e. The van der Waals surface area contributed by atoms with Gasteiger partial charge < -0.3 is 89.0 Å². The number of hydrogen-bond acceptors (Lipinski definition) is 18. The van der Waals surface area contributed by atoms with Crippen molar-refractivity contribution in [3.8, 4) is 0 Å². The highest BCUT2D eigenvalue weighted by atomic mass is 16.8. The third-order valence-corrected chi connectivity index (χ3v) is 17.7. The maximum atomic E-state index is 11.5. The molecule has 0 aromatic rings. The summed E-state index contributed by atoms with van der Waals surface area (Å²) in [5.74, 6) is 2.65. The Morgan fingerprint density at radius 3 is 1.95 bits per heavy atom. The molecule has 5 heterocycles. The smallest absolute Gasteiger partial charge is 0.187 e. The molecule has 63 heavy (non-hydrogen) atoms. The third-order valence-electron chi connectivity index (χ3n) is 17.7. The van der Waals surface area contributed by atoms with Gasteiger partial charge in [0.15, 0.2) is 24.7 Å². The molecule has 9 aliphatic rings. The summed E-state index contributed by atoms with van der Waals surface area (Å²) in [6.45, 7) is 8.10. The van der Waals surface area contributed by atoms with E-state index in [1.165, 1.54) is 12.0 Å². The van der Waals surface area contributed by atoms with E-state index in [1.807, 2.05) is 0 Å². The van der Waals surface area contributed by atoms with Gasteiger partial charge in [0, 0.05) is 12.3 Å². The Bertz CT molecular complexity index is 1630. The van der Waals surface area contributed by atoms with Crippen molar-refractivity contribution < 1.29 is 89.0 Å². The summed E-state index contributed by atoms with van der Waals surface area (Å²) in [6, 6.07) is 0. The highest BCUT2D eigenvalue weighted by Crippen LogP contribution is 2.70. The number of fused-ring (bicyclic) bond motifs is 7. The summed E-state index contributed by atoms with van der Waals surface area (Å²) >= 11 is 0. The summed E-state index contributed by atoms with van der Waals surface area (Å²) in [5.41, 5.74) is 1.54. The Balaban J connectivity index is 0.849. The maximum Gasteiger partial charge on any atom is 0.187 e. The highest BCUT2D eigenvalue weighted by molar-refractivity contribution is 5.26.